The van der Waals surface area contributed by atoms with Crippen LogP contribution in [0.5, 0.6) is 5.75 Å². The highest BCUT2D eigenvalue weighted by atomic mass is 16.5. The van der Waals surface area contributed by atoms with Gasteiger partial charge < -0.3 is 15.4 Å². The Bertz CT molecular complexity index is 568. The predicted molar refractivity (Wildman–Crippen MR) is 77.9 cm³/mol. The normalized spacial score (nSPS) is 14.5. The number of nitrogens with zero attached hydrogens (tertiary/aromatic N) is 1. The van der Waals surface area contributed by atoms with Crippen molar-refractivity contribution in [1.82, 2.24) is 0 Å². The molecule has 0 saturated heterocycles. The van der Waals surface area contributed by atoms with E-state index in [2.05, 4.69) is 29.2 Å². The minimum atomic E-state index is 0.551. The molecule has 0 aliphatic carbocycles. The van der Waals surface area contributed by atoms with E-state index in [0.717, 1.165) is 31.0 Å². The summed E-state index contributed by atoms with van der Waals surface area (Å²) >= 11 is 0. The molecule has 1 aliphatic rings. The molecule has 2 aromatic rings. The Morgan fingerprint density at radius 3 is 2.58 bits per heavy atom. The van der Waals surface area contributed by atoms with Crippen molar-refractivity contribution in [3.8, 4) is 5.75 Å². The van der Waals surface area contributed by atoms with Gasteiger partial charge in [0, 0.05) is 18.8 Å². The van der Waals surface area contributed by atoms with Crippen molar-refractivity contribution >= 4 is 11.4 Å². The molecule has 0 aromatic heterocycles. The van der Waals surface area contributed by atoms with E-state index < -0.39 is 0 Å². The maximum Gasteiger partial charge on any atom is 0.142 e. The van der Waals surface area contributed by atoms with Gasteiger partial charge in [-0.3, -0.25) is 0 Å². The predicted octanol–water partition coefficient (Wildman–Crippen LogP) is 3.07. The van der Waals surface area contributed by atoms with Gasteiger partial charge in [-0.2, -0.15) is 0 Å². The number of nitrogens with two attached hydrogens (primary N) is 1. The molecule has 1 aliphatic heterocycles. The highest BCUT2D eigenvalue weighted by molar-refractivity contribution is 5.71. The minimum Gasteiger partial charge on any atom is -0.491 e. The van der Waals surface area contributed by atoms with Crippen LogP contribution in [-0.4, -0.2) is 13.2 Å². The Labute approximate surface area is 113 Å². The zero-order chi connectivity index (χ0) is 13.1. The van der Waals surface area contributed by atoms with Crippen LogP contribution in [0.3, 0.4) is 0 Å². The van der Waals surface area contributed by atoms with Gasteiger partial charge >= 0.3 is 0 Å². The van der Waals surface area contributed by atoms with Crippen molar-refractivity contribution in [2.24, 2.45) is 5.73 Å². The lowest BCUT2D eigenvalue weighted by atomic mass is 10.1. The van der Waals surface area contributed by atoms with Gasteiger partial charge in [-0.25, -0.2) is 0 Å². The smallest absolute Gasteiger partial charge is 0.142 e. The molecule has 2 N–H and O–H groups in total. The SMILES string of the molecule is NCc1ccccc1N1CCCOc2ccccc21. The van der Waals surface area contributed by atoms with Gasteiger partial charge in [-0.05, 0) is 30.2 Å². The summed E-state index contributed by atoms with van der Waals surface area (Å²) in [6.45, 7) is 2.27. The summed E-state index contributed by atoms with van der Waals surface area (Å²) in [5.74, 6) is 0.951. The van der Waals surface area contributed by atoms with Crippen LogP contribution in [0.1, 0.15) is 12.0 Å². The number of rotatable bonds is 2. The van der Waals surface area contributed by atoms with E-state index in [1.54, 1.807) is 0 Å². The van der Waals surface area contributed by atoms with E-state index in [9.17, 15) is 0 Å². The van der Waals surface area contributed by atoms with Gasteiger partial charge in [0.2, 0.25) is 0 Å². The molecule has 19 heavy (non-hydrogen) atoms. The maximum atomic E-state index is 5.86. The van der Waals surface area contributed by atoms with Gasteiger partial charge in [0.1, 0.15) is 5.75 Å². The Morgan fingerprint density at radius 2 is 1.74 bits per heavy atom. The van der Waals surface area contributed by atoms with Gasteiger partial charge in [0.15, 0.2) is 0 Å². The van der Waals surface area contributed by atoms with E-state index in [1.165, 1.54) is 11.3 Å². The van der Waals surface area contributed by atoms with Crippen LogP contribution >= 0.6 is 0 Å². The molecule has 0 spiro atoms. The molecule has 98 valence electrons. The number of fused-ring (bicyclic) bond motifs is 1. The summed E-state index contributed by atoms with van der Waals surface area (Å²) < 4.78 is 5.80. The second kappa shape index (κ2) is 5.33. The highest BCUT2D eigenvalue weighted by Gasteiger charge is 2.18. The first kappa shape index (κ1) is 12.1. The van der Waals surface area contributed by atoms with Gasteiger partial charge in [-0.15, -0.1) is 0 Å². The monoisotopic (exact) mass is 254 g/mol. The molecular formula is C16H18N2O. The Kier molecular flexibility index (Phi) is 3.38. The Balaban J connectivity index is 2.09. The molecule has 0 radical (unpaired) electrons. The molecule has 3 rings (SSSR count). The van der Waals surface area contributed by atoms with E-state index >= 15 is 0 Å². The van der Waals surface area contributed by atoms with Crippen LogP contribution in [0.15, 0.2) is 48.5 Å². The maximum absolute atomic E-state index is 5.86. The fraction of sp³-hybridized carbons (Fsp3) is 0.250. The van der Waals surface area contributed by atoms with Crippen LogP contribution in [-0.2, 0) is 6.54 Å². The quantitative estimate of drug-likeness (QED) is 0.895. The first-order valence-corrected chi connectivity index (χ1v) is 6.67. The van der Waals surface area contributed by atoms with Gasteiger partial charge in [0.25, 0.3) is 0 Å². The summed E-state index contributed by atoms with van der Waals surface area (Å²) in [6, 6.07) is 16.5. The minimum absolute atomic E-state index is 0.551. The fourth-order valence-electron chi connectivity index (χ4n) is 2.52. The number of benzene rings is 2. The van der Waals surface area contributed by atoms with Crippen molar-refractivity contribution in [2.45, 2.75) is 13.0 Å². The summed E-state index contributed by atoms with van der Waals surface area (Å²) in [7, 11) is 0. The molecule has 0 amide bonds. The summed E-state index contributed by atoms with van der Waals surface area (Å²) in [5, 5.41) is 0. The Morgan fingerprint density at radius 1 is 1.00 bits per heavy atom. The lowest BCUT2D eigenvalue weighted by Crippen LogP contribution is -2.19. The number of ether oxygens (including phenoxy) is 1. The van der Waals surface area contributed by atoms with E-state index in [0.29, 0.717) is 6.54 Å². The number of hydrogen-bond donors (Lipinski definition) is 1. The van der Waals surface area contributed by atoms with Crippen molar-refractivity contribution in [3.05, 3.63) is 54.1 Å². The zero-order valence-electron chi connectivity index (χ0n) is 10.9. The molecule has 1 heterocycles. The molecule has 2 aromatic carbocycles. The van der Waals surface area contributed by atoms with Crippen LogP contribution < -0.4 is 15.4 Å². The highest BCUT2D eigenvalue weighted by Crippen LogP contribution is 2.36. The molecule has 3 nitrogen and oxygen atoms in total. The second-order valence-electron chi connectivity index (χ2n) is 4.65. The summed E-state index contributed by atoms with van der Waals surface area (Å²) in [6.07, 6.45) is 1.01. The Hall–Kier alpha value is -2.00. The molecule has 0 saturated carbocycles. The van der Waals surface area contributed by atoms with E-state index in [4.69, 9.17) is 10.5 Å². The van der Waals surface area contributed by atoms with Crippen LogP contribution in [0.2, 0.25) is 0 Å². The van der Waals surface area contributed by atoms with Crippen molar-refractivity contribution in [3.63, 3.8) is 0 Å². The summed E-state index contributed by atoms with van der Waals surface area (Å²) in [5.41, 5.74) is 9.33. The second-order valence-corrected chi connectivity index (χ2v) is 4.65. The molecule has 3 heteroatoms. The van der Waals surface area contributed by atoms with Crippen molar-refractivity contribution in [1.29, 1.82) is 0 Å². The topological polar surface area (TPSA) is 38.5 Å². The largest absolute Gasteiger partial charge is 0.491 e. The van der Waals surface area contributed by atoms with Crippen molar-refractivity contribution < 1.29 is 4.74 Å². The third-order valence-corrected chi connectivity index (χ3v) is 3.44. The van der Waals surface area contributed by atoms with Crippen molar-refractivity contribution in [2.75, 3.05) is 18.1 Å². The van der Waals surface area contributed by atoms with Crippen LogP contribution in [0, 0.1) is 0 Å². The molecule has 0 unspecified atom stereocenters. The van der Waals surface area contributed by atoms with Gasteiger partial charge in [0.05, 0.1) is 12.3 Å². The first-order valence-electron chi connectivity index (χ1n) is 6.67. The summed E-state index contributed by atoms with van der Waals surface area (Å²) in [4.78, 5) is 2.31. The molecule has 0 atom stereocenters. The lowest BCUT2D eigenvalue weighted by molar-refractivity contribution is 0.322. The van der Waals surface area contributed by atoms with E-state index in [1.807, 2.05) is 24.3 Å². The zero-order valence-corrected chi connectivity index (χ0v) is 10.9. The van der Waals surface area contributed by atoms with Gasteiger partial charge in [-0.1, -0.05) is 30.3 Å². The molecule has 0 fully saturated rings. The molecule has 0 bridgehead atoms. The number of para-hydroxylation sites is 3. The average molecular weight is 254 g/mol. The third kappa shape index (κ3) is 2.29. The standard InChI is InChI=1S/C16H18N2O/c17-12-13-6-1-2-7-14(13)18-10-5-11-19-16-9-4-3-8-15(16)18/h1-4,6-9H,5,10-12,17H2. The van der Waals surface area contributed by atoms with Crippen LogP contribution in [0.4, 0.5) is 11.4 Å². The fourth-order valence-corrected chi connectivity index (χ4v) is 2.52. The van der Waals surface area contributed by atoms with Crippen LogP contribution in [0.25, 0.3) is 0 Å². The molecular weight excluding hydrogens is 236 g/mol. The number of anilines is 2. The first-order chi connectivity index (χ1) is 9.40. The van der Waals surface area contributed by atoms with E-state index in [-0.39, 0.29) is 0 Å². The third-order valence-electron chi connectivity index (χ3n) is 3.44. The lowest BCUT2D eigenvalue weighted by Gasteiger charge is -2.26. The number of hydrogen-bond acceptors (Lipinski definition) is 3. The average Bonchev–Trinajstić information content (AvgIpc) is 2.69.